The van der Waals surface area contributed by atoms with Crippen LogP contribution in [-0.4, -0.2) is 0 Å². The normalized spacial score (nSPS) is 12.7. The van der Waals surface area contributed by atoms with Crippen LogP contribution in [0.5, 0.6) is 0 Å². The molecule has 0 bridgehead atoms. The summed E-state index contributed by atoms with van der Waals surface area (Å²) in [6.07, 6.45) is 2.16. The predicted molar refractivity (Wildman–Crippen MR) is 114 cm³/mol. The monoisotopic (exact) mass is 339 g/mol. The van der Waals surface area contributed by atoms with E-state index < -0.39 is 0 Å². The molecule has 3 aromatic rings. The molecular weight excluding hydrogens is 314 g/mol. The Morgan fingerprint density at radius 2 is 1.38 bits per heavy atom. The maximum absolute atomic E-state index is 4.27. The highest BCUT2D eigenvalue weighted by Crippen LogP contribution is 2.33. The molecule has 0 aliphatic rings. The van der Waals surface area contributed by atoms with Crippen molar-refractivity contribution in [2.24, 2.45) is 0 Å². The number of anilines is 2. The molecule has 0 spiro atoms. The molecule has 0 saturated heterocycles. The van der Waals surface area contributed by atoms with Crippen molar-refractivity contribution < 1.29 is 0 Å². The third-order valence-corrected chi connectivity index (χ3v) is 4.61. The summed E-state index contributed by atoms with van der Waals surface area (Å²) < 4.78 is 0. The molecule has 0 radical (unpaired) electrons. The van der Waals surface area contributed by atoms with Crippen molar-refractivity contribution in [3.05, 3.63) is 107 Å². The van der Waals surface area contributed by atoms with Crippen LogP contribution >= 0.6 is 0 Å². The fraction of sp³-hybridized carbons (Fsp3) is 0.120. The van der Waals surface area contributed by atoms with E-state index in [4.69, 9.17) is 0 Å². The number of allylic oxidation sites excluding steroid dienone is 1. The minimum atomic E-state index is 1.02. The fourth-order valence-corrected chi connectivity index (χ4v) is 3.08. The molecular formula is C25H25N. The lowest BCUT2D eigenvalue weighted by atomic mass is 10.1. The van der Waals surface area contributed by atoms with E-state index >= 15 is 0 Å². The number of para-hydroxylation sites is 1. The van der Waals surface area contributed by atoms with E-state index in [0.29, 0.717) is 0 Å². The van der Waals surface area contributed by atoms with Gasteiger partial charge in [0.05, 0.1) is 5.70 Å². The zero-order valence-corrected chi connectivity index (χ0v) is 15.7. The SMILES string of the molecule is C=c1cccc/c1=C(/C(C)=C\C)N(c1ccccc1)c1ccc(C)cc1. The van der Waals surface area contributed by atoms with Crippen LogP contribution in [0.25, 0.3) is 12.3 Å². The van der Waals surface area contributed by atoms with Gasteiger partial charge in [0.1, 0.15) is 0 Å². The van der Waals surface area contributed by atoms with Crippen molar-refractivity contribution in [1.82, 2.24) is 0 Å². The second kappa shape index (κ2) is 7.88. The van der Waals surface area contributed by atoms with Gasteiger partial charge in [-0.25, -0.2) is 0 Å². The van der Waals surface area contributed by atoms with Crippen LogP contribution in [0.1, 0.15) is 19.4 Å². The molecule has 0 saturated carbocycles. The molecule has 0 aliphatic carbocycles. The summed E-state index contributed by atoms with van der Waals surface area (Å²) in [4.78, 5) is 2.32. The standard InChI is InChI=1S/C25H25N/c1-5-20(3)25(24-14-10-9-11-21(24)4)26(22-12-7-6-8-13-22)23-17-15-19(2)16-18-23/h5-18H,4H2,1-3H3/b20-5-,25-24+. The fourth-order valence-electron chi connectivity index (χ4n) is 3.08. The Bertz CT molecular complexity index is 1010. The second-order valence-corrected chi connectivity index (χ2v) is 6.48. The quantitative estimate of drug-likeness (QED) is 0.622. The first-order chi connectivity index (χ1) is 12.6. The van der Waals surface area contributed by atoms with Crippen molar-refractivity contribution in [2.75, 3.05) is 4.90 Å². The average molecular weight is 339 g/mol. The first-order valence-electron chi connectivity index (χ1n) is 8.95. The Balaban J connectivity index is 2.39. The molecule has 3 aromatic carbocycles. The van der Waals surface area contributed by atoms with Gasteiger partial charge in [-0.2, -0.15) is 0 Å². The second-order valence-electron chi connectivity index (χ2n) is 6.48. The van der Waals surface area contributed by atoms with Crippen molar-refractivity contribution >= 4 is 23.7 Å². The summed E-state index contributed by atoms with van der Waals surface area (Å²) in [5.74, 6) is 0. The molecule has 0 N–H and O–H groups in total. The molecule has 1 nitrogen and oxygen atoms in total. The maximum atomic E-state index is 4.27. The van der Waals surface area contributed by atoms with E-state index in [9.17, 15) is 0 Å². The predicted octanol–water partition coefficient (Wildman–Crippen LogP) is 5.32. The van der Waals surface area contributed by atoms with E-state index in [0.717, 1.165) is 27.5 Å². The lowest BCUT2D eigenvalue weighted by Crippen LogP contribution is -2.32. The Morgan fingerprint density at radius 1 is 0.808 bits per heavy atom. The lowest BCUT2D eigenvalue weighted by Gasteiger charge is -2.29. The van der Waals surface area contributed by atoms with Crippen LogP contribution in [0, 0.1) is 6.92 Å². The first-order valence-corrected chi connectivity index (χ1v) is 8.95. The van der Waals surface area contributed by atoms with Gasteiger partial charge in [0.25, 0.3) is 0 Å². The largest absolute Gasteiger partial charge is 0.310 e. The summed E-state index contributed by atoms with van der Waals surface area (Å²) >= 11 is 0. The smallest absolute Gasteiger partial charge is 0.0565 e. The summed E-state index contributed by atoms with van der Waals surface area (Å²) in [7, 11) is 0. The number of aryl methyl sites for hydroxylation is 1. The van der Waals surface area contributed by atoms with Crippen LogP contribution in [0.2, 0.25) is 0 Å². The first kappa shape index (κ1) is 17.8. The highest BCUT2D eigenvalue weighted by atomic mass is 15.1. The number of rotatable bonds is 4. The topological polar surface area (TPSA) is 3.24 Å². The summed E-state index contributed by atoms with van der Waals surface area (Å²) in [5.41, 5.74) is 5.90. The Kier molecular flexibility index (Phi) is 5.38. The molecule has 0 aliphatic heterocycles. The molecule has 0 unspecified atom stereocenters. The van der Waals surface area contributed by atoms with Crippen LogP contribution in [0.4, 0.5) is 11.4 Å². The van der Waals surface area contributed by atoms with Crippen LogP contribution in [0.15, 0.2) is 90.5 Å². The van der Waals surface area contributed by atoms with Gasteiger partial charge in [0.2, 0.25) is 0 Å². The molecule has 0 atom stereocenters. The average Bonchev–Trinajstić information content (AvgIpc) is 2.68. The van der Waals surface area contributed by atoms with Gasteiger partial charge in [0.15, 0.2) is 0 Å². The van der Waals surface area contributed by atoms with Crippen molar-refractivity contribution in [3.63, 3.8) is 0 Å². The van der Waals surface area contributed by atoms with Gasteiger partial charge in [-0.3, -0.25) is 0 Å². The number of hydrogen-bond acceptors (Lipinski definition) is 1. The third kappa shape index (κ3) is 3.62. The van der Waals surface area contributed by atoms with Gasteiger partial charge in [-0.05, 0) is 55.8 Å². The Hall–Kier alpha value is -3.06. The Labute approximate surface area is 156 Å². The van der Waals surface area contributed by atoms with Crippen molar-refractivity contribution in [3.8, 4) is 0 Å². The lowest BCUT2D eigenvalue weighted by molar-refractivity contribution is 1.24. The molecule has 0 fully saturated rings. The van der Waals surface area contributed by atoms with E-state index in [2.05, 4.69) is 105 Å². The molecule has 0 amide bonds. The summed E-state index contributed by atoms with van der Waals surface area (Å²) in [6.45, 7) is 10.6. The molecule has 130 valence electrons. The van der Waals surface area contributed by atoms with E-state index in [-0.39, 0.29) is 0 Å². The molecule has 0 aromatic heterocycles. The van der Waals surface area contributed by atoms with Crippen molar-refractivity contribution in [1.29, 1.82) is 0 Å². The van der Waals surface area contributed by atoms with Gasteiger partial charge in [0, 0.05) is 16.6 Å². The molecule has 1 heteroatoms. The number of benzene rings is 3. The summed E-state index contributed by atoms with van der Waals surface area (Å²) in [5, 5.41) is 2.17. The minimum absolute atomic E-state index is 1.02. The minimum Gasteiger partial charge on any atom is -0.310 e. The highest BCUT2D eigenvalue weighted by molar-refractivity contribution is 5.86. The molecule has 0 heterocycles. The van der Waals surface area contributed by atoms with Gasteiger partial charge in [-0.1, -0.05) is 72.8 Å². The number of nitrogens with zero attached hydrogens (tertiary/aromatic N) is 1. The van der Waals surface area contributed by atoms with Gasteiger partial charge >= 0.3 is 0 Å². The van der Waals surface area contributed by atoms with Crippen LogP contribution in [0.3, 0.4) is 0 Å². The van der Waals surface area contributed by atoms with E-state index in [1.165, 1.54) is 11.1 Å². The zero-order valence-electron chi connectivity index (χ0n) is 15.7. The maximum Gasteiger partial charge on any atom is 0.0565 e. The van der Waals surface area contributed by atoms with Crippen LogP contribution in [-0.2, 0) is 0 Å². The van der Waals surface area contributed by atoms with Crippen LogP contribution < -0.4 is 15.3 Å². The Morgan fingerprint density at radius 3 is 2.00 bits per heavy atom. The van der Waals surface area contributed by atoms with E-state index in [1.807, 2.05) is 12.1 Å². The molecule has 3 rings (SSSR count). The molecule has 26 heavy (non-hydrogen) atoms. The zero-order chi connectivity index (χ0) is 18.5. The third-order valence-electron chi connectivity index (χ3n) is 4.61. The van der Waals surface area contributed by atoms with E-state index in [1.54, 1.807) is 0 Å². The van der Waals surface area contributed by atoms with Gasteiger partial charge in [-0.15, -0.1) is 0 Å². The number of hydrogen-bond donors (Lipinski definition) is 0. The van der Waals surface area contributed by atoms with Crippen molar-refractivity contribution in [2.45, 2.75) is 20.8 Å². The van der Waals surface area contributed by atoms with Gasteiger partial charge < -0.3 is 4.90 Å². The summed E-state index contributed by atoms with van der Waals surface area (Å²) in [6, 6.07) is 27.5. The highest BCUT2D eigenvalue weighted by Gasteiger charge is 2.16.